The third-order valence-corrected chi connectivity index (χ3v) is 3.74. The van der Waals surface area contributed by atoms with Crippen molar-refractivity contribution >= 4 is 11.8 Å². The van der Waals surface area contributed by atoms with Gasteiger partial charge in [0.1, 0.15) is 6.04 Å². The number of carbonyl (C=O) groups is 2. The fraction of sp³-hybridized carbons (Fsp3) is 0.385. The Kier molecular flexibility index (Phi) is 3.63. The van der Waals surface area contributed by atoms with Gasteiger partial charge >= 0.3 is 0 Å². The number of rotatable bonds is 5. The molecule has 1 N–H and O–H groups in total. The summed E-state index contributed by atoms with van der Waals surface area (Å²) in [6, 6.07) is 6.16. The summed E-state index contributed by atoms with van der Waals surface area (Å²) < 4.78 is 0. The molecule has 2 heterocycles. The minimum Gasteiger partial charge on any atom is -0.569 e. The zero-order chi connectivity index (χ0) is 15.7. The largest absolute Gasteiger partial charge is 0.569 e. The number of hydrazine groups is 1. The van der Waals surface area contributed by atoms with Gasteiger partial charge in [-0.3, -0.25) is 9.59 Å². The molecule has 1 atom stereocenters. The normalized spacial score (nSPS) is 21.0. The fourth-order valence-electron chi connectivity index (χ4n) is 2.37. The molecule has 1 aromatic carbocycles. The Labute approximate surface area is 125 Å². The number of aliphatic hydroxyl groups excluding tert-OH is 1. The highest BCUT2D eigenvalue weighted by molar-refractivity contribution is 6.21. The molecule has 0 spiro atoms. The molecule has 1 aromatic rings. The number of fused-ring (bicyclic) bond motifs is 1. The van der Waals surface area contributed by atoms with E-state index in [1.165, 1.54) is 5.01 Å². The van der Waals surface area contributed by atoms with Gasteiger partial charge in [0, 0.05) is 0 Å². The molecule has 3 rings (SSSR count). The van der Waals surface area contributed by atoms with Crippen molar-refractivity contribution in [1.82, 2.24) is 9.91 Å². The van der Waals surface area contributed by atoms with Crippen LogP contribution in [0.15, 0.2) is 29.5 Å². The third kappa shape index (κ3) is 2.25. The van der Waals surface area contributed by atoms with Gasteiger partial charge in [-0.25, -0.2) is 4.90 Å². The van der Waals surface area contributed by atoms with Gasteiger partial charge in [-0.05, 0) is 18.6 Å². The second kappa shape index (κ2) is 5.60. The predicted octanol–water partition coefficient (Wildman–Crippen LogP) is 0.116. The molecule has 2 aliphatic heterocycles. The van der Waals surface area contributed by atoms with Crippen molar-refractivity contribution in [1.29, 1.82) is 0 Å². The molecule has 22 heavy (non-hydrogen) atoms. The van der Waals surface area contributed by atoms with E-state index in [4.69, 9.17) is 9.94 Å². The monoisotopic (exact) mass is 306 g/mol. The van der Waals surface area contributed by atoms with Crippen LogP contribution in [0.4, 0.5) is 0 Å². The number of carbonyl (C=O) groups excluding carboxylic acids is 2. The SMILES string of the molecule is O=C1c2ccccc2C(=O)N1CO/N=[N+](\[O-])N1CC[C@H]1CO. The van der Waals surface area contributed by atoms with Crippen LogP contribution in [0.3, 0.4) is 0 Å². The second-order valence-corrected chi connectivity index (χ2v) is 4.96. The van der Waals surface area contributed by atoms with Crippen molar-refractivity contribution in [2.45, 2.75) is 12.5 Å². The number of amides is 2. The Bertz CT molecular complexity index is 610. The second-order valence-electron chi connectivity index (χ2n) is 4.96. The van der Waals surface area contributed by atoms with Crippen LogP contribution in [0, 0.1) is 5.21 Å². The number of benzene rings is 1. The van der Waals surface area contributed by atoms with Crippen LogP contribution in [0.5, 0.6) is 0 Å². The van der Waals surface area contributed by atoms with Gasteiger partial charge in [0.15, 0.2) is 0 Å². The first-order valence-electron chi connectivity index (χ1n) is 6.76. The van der Waals surface area contributed by atoms with Crippen molar-refractivity contribution in [3.8, 4) is 0 Å². The zero-order valence-electron chi connectivity index (χ0n) is 11.6. The van der Waals surface area contributed by atoms with Gasteiger partial charge in [0.25, 0.3) is 11.8 Å². The molecule has 0 aliphatic carbocycles. The molecular weight excluding hydrogens is 292 g/mol. The minimum absolute atomic E-state index is 0.146. The van der Waals surface area contributed by atoms with Gasteiger partial charge in [-0.15, -0.1) is 5.01 Å². The number of hydrogen-bond donors (Lipinski definition) is 1. The molecule has 9 heteroatoms. The fourth-order valence-corrected chi connectivity index (χ4v) is 2.37. The van der Waals surface area contributed by atoms with Crippen molar-refractivity contribution in [2.24, 2.45) is 5.28 Å². The van der Waals surface area contributed by atoms with E-state index < -0.39 is 18.5 Å². The summed E-state index contributed by atoms with van der Waals surface area (Å²) >= 11 is 0. The van der Waals surface area contributed by atoms with Crippen LogP contribution in [0.25, 0.3) is 0 Å². The van der Waals surface area contributed by atoms with E-state index in [1.807, 2.05) is 0 Å². The summed E-state index contributed by atoms with van der Waals surface area (Å²) in [5.74, 6) is -0.962. The molecular formula is C13H14N4O5. The van der Waals surface area contributed by atoms with E-state index >= 15 is 0 Å². The highest BCUT2D eigenvalue weighted by Gasteiger charge is 2.37. The average Bonchev–Trinajstić information content (AvgIpc) is 2.72. The summed E-state index contributed by atoms with van der Waals surface area (Å²) in [5, 5.41) is 25.2. The average molecular weight is 306 g/mol. The first kappa shape index (κ1) is 14.3. The highest BCUT2D eigenvalue weighted by atomic mass is 16.7. The lowest BCUT2D eigenvalue weighted by Crippen LogP contribution is -2.53. The van der Waals surface area contributed by atoms with E-state index in [1.54, 1.807) is 24.3 Å². The van der Waals surface area contributed by atoms with Crippen molar-refractivity contribution in [2.75, 3.05) is 19.9 Å². The standard InChI is InChI=1S/C13H14N4O5/c18-7-9-5-6-16(9)17(21)14-22-8-15-12(19)10-3-1-2-4-11(10)13(15)20/h1-4,9,18H,5-8H2/b17-14-/t9-/m0/s1. The van der Waals surface area contributed by atoms with Gasteiger partial charge in [0.05, 0.1) is 29.2 Å². The molecule has 116 valence electrons. The zero-order valence-corrected chi connectivity index (χ0v) is 11.6. The molecule has 0 aromatic heterocycles. The Morgan fingerprint density at radius 2 is 1.95 bits per heavy atom. The van der Waals surface area contributed by atoms with Gasteiger partial charge in [0.2, 0.25) is 12.0 Å². The van der Waals surface area contributed by atoms with Crippen molar-refractivity contribution < 1.29 is 24.5 Å². The maximum Gasteiger partial charge on any atom is 0.264 e. The van der Waals surface area contributed by atoms with Crippen LogP contribution in [0.2, 0.25) is 0 Å². The van der Waals surface area contributed by atoms with Crippen LogP contribution in [0.1, 0.15) is 27.1 Å². The Balaban J connectivity index is 1.61. The topological polar surface area (TPSA) is 109 Å². The first-order chi connectivity index (χ1) is 10.6. The molecule has 2 aliphatic rings. The lowest BCUT2D eigenvalue weighted by atomic mass is 10.1. The molecule has 2 amide bonds. The lowest BCUT2D eigenvalue weighted by Gasteiger charge is -2.33. The summed E-state index contributed by atoms with van der Waals surface area (Å²) in [6.45, 7) is -0.121. The number of nitrogens with zero attached hydrogens (tertiary/aromatic N) is 4. The number of hydrogen-bond acceptors (Lipinski definition) is 6. The lowest BCUT2D eigenvalue weighted by molar-refractivity contribution is -0.732. The Morgan fingerprint density at radius 3 is 2.45 bits per heavy atom. The van der Waals surface area contributed by atoms with E-state index in [9.17, 15) is 14.8 Å². The Hall–Kier alpha value is -2.68. The Morgan fingerprint density at radius 1 is 1.32 bits per heavy atom. The third-order valence-electron chi connectivity index (χ3n) is 3.74. The molecule has 0 saturated carbocycles. The summed E-state index contributed by atoms with van der Waals surface area (Å²) in [5.41, 5.74) is 0.608. The number of imide groups is 1. The van der Waals surface area contributed by atoms with E-state index in [2.05, 4.69) is 5.28 Å². The molecule has 1 saturated heterocycles. The number of aliphatic hydroxyl groups is 1. The summed E-state index contributed by atoms with van der Waals surface area (Å²) in [4.78, 5) is 30.0. The van der Waals surface area contributed by atoms with Crippen LogP contribution in [-0.4, -0.2) is 57.7 Å². The maximum atomic E-state index is 12.0. The minimum atomic E-state index is -0.481. The van der Waals surface area contributed by atoms with E-state index in [0.29, 0.717) is 24.1 Å². The van der Waals surface area contributed by atoms with Gasteiger partial charge in [-0.2, -0.15) is 0 Å². The summed E-state index contributed by atoms with van der Waals surface area (Å²) in [7, 11) is 0. The van der Waals surface area contributed by atoms with Crippen LogP contribution >= 0.6 is 0 Å². The van der Waals surface area contributed by atoms with E-state index in [0.717, 1.165) is 4.90 Å². The first-order valence-corrected chi connectivity index (χ1v) is 6.76. The molecule has 0 bridgehead atoms. The molecule has 0 unspecified atom stereocenters. The molecule has 1 fully saturated rings. The summed E-state index contributed by atoms with van der Waals surface area (Å²) in [6.07, 6.45) is 0.698. The van der Waals surface area contributed by atoms with Crippen molar-refractivity contribution in [3.63, 3.8) is 0 Å². The van der Waals surface area contributed by atoms with Gasteiger partial charge < -0.3 is 15.2 Å². The predicted molar refractivity (Wildman–Crippen MR) is 71.1 cm³/mol. The molecule has 0 radical (unpaired) electrons. The van der Waals surface area contributed by atoms with Crippen LogP contribution in [-0.2, 0) is 4.84 Å². The smallest absolute Gasteiger partial charge is 0.264 e. The quantitative estimate of drug-likeness (QED) is 0.358. The van der Waals surface area contributed by atoms with Crippen molar-refractivity contribution in [3.05, 3.63) is 40.6 Å². The maximum absolute atomic E-state index is 12.0. The highest BCUT2D eigenvalue weighted by Crippen LogP contribution is 2.22. The molecule has 9 nitrogen and oxygen atoms in total. The van der Waals surface area contributed by atoms with E-state index in [-0.39, 0.29) is 17.6 Å². The van der Waals surface area contributed by atoms with Crippen LogP contribution < -0.4 is 0 Å². The van der Waals surface area contributed by atoms with Gasteiger partial charge in [-0.1, -0.05) is 12.1 Å².